The van der Waals surface area contributed by atoms with Gasteiger partial charge < -0.3 is 13.9 Å². The number of benzene rings is 5. The van der Waals surface area contributed by atoms with Crippen molar-refractivity contribution in [3.8, 4) is 5.69 Å². The molecule has 3 aliphatic rings. The van der Waals surface area contributed by atoms with Crippen molar-refractivity contribution in [2.75, 3.05) is 7.05 Å². The van der Waals surface area contributed by atoms with Crippen LogP contribution in [0.2, 0.25) is 0 Å². The molecule has 3 heterocycles. The zero-order chi connectivity index (χ0) is 33.9. The SMILES string of the molecule is CN1C(c2ccc(-n3c4ccccc4c4ccc5oc6c(c5c43)C=CCC6)cc2)=CC(c2cccc(C3C=CC=CC3)c2)=NC1c1ccccc1. The summed E-state index contributed by atoms with van der Waals surface area (Å²) in [6.45, 7) is 0. The molecule has 2 aliphatic carbocycles. The molecule has 0 amide bonds. The first kappa shape index (κ1) is 29.8. The number of para-hydroxylation sites is 1. The summed E-state index contributed by atoms with van der Waals surface area (Å²) < 4.78 is 8.86. The van der Waals surface area contributed by atoms with E-state index in [0.717, 1.165) is 58.8 Å². The van der Waals surface area contributed by atoms with E-state index in [0.29, 0.717) is 5.92 Å². The maximum Gasteiger partial charge on any atom is 0.147 e. The molecule has 246 valence electrons. The highest BCUT2D eigenvalue weighted by Gasteiger charge is 2.26. The van der Waals surface area contributed by atoms with Crippen LogP contribution in [-0.4, -0.2) is 22.2 Å². The number of aromatic nitrogens is 1. The molecule has 0 N–H and O–H groups in total. The highest BCUT2D eigenvalue weighted by atomic mass is 16.3. The predicted molar refractivity (Wildman–Crippen MR) is 211 cm³/mol. The van der Waals surface area contributed by atoms with Crippen LogP contribution in [0.1, 0.15) is 58.5 Å². The Bertz CT molecular complexity index is 2630. The van der Waals surface area contributed by atoms with E-state index in [1.165, 1.54) is 43.9 Å². The van der Waals surface area contributed by atoms with Crippen LogP contribution >= 0.6 is 0 Å². The predicted octanol–water partition coefficient (Wildman–Crippen LogP) is 11.6. The first-order chi connectivity index (χ1) is 25.2. The molecule has 10 rings (SSSR count). The highest BCUT2D eigenvalue weighted by molar-refractivity contribution is 6.20. The van der Waals surface area contributed by atoms with E-state index in [1.807, 2.05) is 0 Å². The second-order valence-corrected chi connectivity index (χ2v) is 13.8. The van der Waals surface area contributed by atoms with Gasteiger partial charge in [0.1, 0.15) is 17.5 Å². The van der Waals surface area contributed by atoms with Crippen molar-refractivity contribution >= 4 is 50.3 Å². The maximum atomic E-state index is 6.44. The van der Waals surface area contributed by atoms with Crippen molar-refractivity contribution < 1.29 is 4.42 Å². The Labute approximate surface area is 297 Å². The van der Waals surface area contributed by atoms with E-state index in [9.17, 15) is 0 Å². The summed E-state index contributed by atoms with van der Waals surface area (Å²) in [6.07, 6.45) is 18.5. The van der Waals surface area contributed by atoms with Gasteiger partial charge in [-0.05, 0) is 72.0 Å². The first-order valence-corrected chi connectivity index (χ1v) is 18.0. The Balaban J connectivity index is 1.10. The summed E-state index contributed by atoms with van der Waals surface area (Å²) in [5, 5.41) is 3.69. The minimum Gasteiger partial charge on any atom is -0.460 e. The van der Waals surface area contributed by atoms with Gasteiger partial charge in [0.15, 0.2) is 0 Å². The van der Waals surface area contributed by atoms with Crippen molar-refractivity contribution in [1.29, 1.82) is 0 Å². The molecule has 1 aliphatic heterocycles. The van der Waals surface area contributed by atoms with E-state index in [2.05, 4.69) is 174 Å². The Hall–Kier alpha value is -6.13. The van der Waals surface area contributed by atoms with Gasteiger partial charge in [-0.15, -0.1) is 0 Å². The quantitative estimate of drug-likeness (QED) is 0.184. The summed E-state index contributed by atoms with van der Waals surface area (Å²) >= 11 is 0. The first-order valence-electron chi connectivity index (χ1n) is 18.0. The molecule has 4 nitrogen and oxygen atoms in total. The van der Waals surface area contributed by atoms with Gasteiger partial charge in [-0.2, -0.15) is 0 Å². The van der Waals surface area contributed by atoms with Crippen LogP contribution in [0.4, 0.5) is 0 Å². The molecule has 2 unspecified atom stereocenters. The van der Waals surface area contributed by atoms with E-state index in [-0.39, 0.29) is 6.17 Å². The number of allylic oxidation sites excluding steroid dienone is 6. The lowest BCUT2D eigenvalue weighted by molar-refractivity contribution is 0.364. The lowest BCUT2D eigenvalue weighted by Gasteiger charge is -2.34. The third kappa shape index (κ3) is 4.93. The summed E-state index contributed by atoms with van der Waals surface area (Å²) in [5.74, 6) is 1.47. The Morgan fingerprint density at radius 3 is 2.45 bits per heavy atom. The fourth-order valence-electron chi connectivity index (χ4n) is 8.28. The summed E-state index contributed by atoms with van der Waals surface area (Å²) in [4.78, 5) is 7.67. The number of hydrogen-bond donors (Lipinski definition) is 0. The van der Waals surface area contributed by atoms with E-state index in [1.54, 1.807) is 0 Å². The van der Waals surface area contributed by atoms with Gasteiger partial charge in [-0.1, -0.05) is 115 Å². The fourth-order valence-corrected chi connectivity index (χ4v) is 8.28. The van der Waals surface area contributed by atoms with Crippen molar-refractivity contribution in [3.63, 3.8) is 0 Å². The van der Waals surface area contributed by atoms with Crippen LogP contribution in [-0.2, 0) is 6.42 Å². The number of furan rings is 1. The molecule has 5 aromatic carbocycles. The van der Waals surface area contributed by atoms with Gasteiger partial charge in [0, 0.05) is 52.7 Å². The minimum absolute atomic E-state index is 0.145. The highest BCUT2D eigenvalue weighted by Crippen LogP contribution is 2.42. The Morgan fingerprint density at radius 1 is 0.745 bits per heavy atom. The zero-order valence-electron chi connectivity index (χ0n) is 28.5. The van der Waals surface area contributed by atoms with Crippen LogP contribution in [0.15, 0.2) is 161 Å². The molecule has 51 heavy (non-hydrogen) atoms. The van der Waals surface area contributed by atoms with Gasteiger partial charge >= 0.3 is 0 Å². The van der Waals surface area contributed by atoms with Gasteiger partial charge in [0.25, 0.3) is 0 Å². The second-order valence-electron chi connectivity index (χ2n) is 13.8. The molecule has 7 aromatic rings. The van der Waals surface area contributed by atoms with Crippen LogP contribution in [0.25, 0.3) is 50.2 Å². The number of aryl methyl sites for hydroxylation is 1. The summed E-state index contributed by atoms with van der Waals surface area (Å²) in [5.41, 5.74) is 12.6. The molecule has 2 atom stereocenters. The molecule has 0 saturated carbocycles. The second kappa shape index (κ2) is 12.0. The molecule has 0 bridgehead atoms. The minimum atomic E-state index is -0.145. The molecular formula is C47H37N3O. The van der Waals surface area contributed by atoms with Crippen LogP contribution in [0.5, 0.6) is 0 Å². The number of fused-ring (bicyclic) bond motifs is 7. The van der Waals surface area contributed by atoms with Crippen LogP contribution < -0.4 is 0 Å². The summed E-state index contributed by atoms with van der Waals surface area (Å²) in [6, 6.07) is 41.7. The van der Waals surface area contributed by atoms with Crippen molar-refractivity contribution in [3.05, 3.63) is 185 Å². The standard InChI is InChI=1S/C47H37N3O/c1-49-42(30-40(48-47(49)33-15-6-3-7-16-33)35-18-12-17-34(29-35)31-13-4-2-5-14-31)32-23-25-36(26-24-32)50-41-21-10-8-19-37(41)38-27-28-44-45(46(38)50)39-20-9-11-22-43(39)51-44/h2-10,12-13,15-21,23-31,47H,11,14,22H2,1H3. The zero-order valence-corrected chi connectivity index (χ0v) is 28.5. The van der Waals surface area contributed by atoms with Gasteiger partial charge in [0.2, 0.25) is 0 Å². The molecule has 0 saturated heterocycles. The van der Waals surface area contributed by atoms with Gasteiger partial charge in [-0.3, -0.25) is 4.99 Å². The maximum absolute atomic E-state index is 6.44. The largest absolute Gasteiger partial charge is 0.460 e. The molecule has 0 fully saturated rings. The Morgan fingerprint density at radius 2 is 1.59 bits per heavy atom. The average Bonchev–Trinajstić information content (AvgIpc) is 3.75. The van der Waals surface area contributed by atoms with Crippen LogP contribution in [0.3, 0.4) is 0 Å². The molecule has 0 radical (unpaired) electrons. The third-order valence-electron chi connectivity index (χ3n) is 10.8. The molecular weight excluding hydrogens is 623 g/mol. The normalized spacial score (nSPS) is 18.4. The molecule has 4 heteroatoms. The van der Waals surface area contributed by atoms with Gasteiger partial charge in [0.05, 0.1) is 22.1 Å². The number of rotatable bonds is 5. The van der Waals surface area contributed by atoms with Crippen LogP contribution in [0, 0.1) is 0 Å². The Kier molecular flexibility index (Phi) is 7.02. The number of hydrogen-bond acceptors (Lipinski definition) is 3. The van der Waals surface area contributed by atoms with Crippen molar-refractivity contribution in [2.45, 2.75) is 31.3 Å². The third-order valence-corrected chi connectivity index (χ3v) is 10.8. The summed E-state index contributed by atoms with van der Waals surface area (Å²) in [7, 11) is 2.16. The fraction of sp³-hybridized carbons (Fsp3) is 0.128. The number of aliphatic imine (C=N–C) groups is 1. The lowest BCUT2D eigenvalue weighted by atomic mass is 9.90. The topological polar surface area (TPSA) is 33.7 Å². The molecule has 0 spiro atoms. The van der Waals surface area contributed by atoms with E-state index < -0.39 is 0 Å². The van der Waals surface area contributed by atoms with E-state index in [4.69, 9.17) is 9.41 Å². The molecule has 2 aromatic heterocycles. The van der Waals surface area contributed by atoms with E-state index >= 15 is 0 Å². The lowest BCUT2D eigenvalue weighted by Crippen LogP contribution is -2.27. The average molecular weight is 660 g/mol. The smallest absolute Gasteiger partial charge is 0.147 e. The van der Waals surface area contributed by atoms with Crippen molar-refractivity contribution in [2.24, 2.45) is 4.99 Å². The van der Waals surface area contributed by atoms with Crippen molar-refractivity contribution in [1.82, 2.24) is 9.47 Å². The number of nitrogens with zero attached hydrogens (tertiary/aromatic N) is 3. The monoisotopic (exact) mass is 659 g/mol. The van der Waals surface area contributed by atoms with Gasteiger partial charge in [-0.25, -0.2) is 0 Å².